The average molecular weight is 444 g/mol. The third kappa shape index (κ3) is 4.67. The number of aliphatic imine (C=N–C) groups is 1. The number of rotatable bonds is 6. The molecule has 1 saturated heterocycles. The second kappa shape index (κ2) is 8.99. The van der Waals surface area contributed by atoms with Crippen molar-refractivity contribution in [2.24, 2.45) is 4.99 Å². The first kappa shape index (κ1) is 21.2. The van der Waals surface area contributed by atoms with Gasteiger partial charge in [0.05, 0.1) is 24.8 Å². The SMILES string of the molecule is C=NC1=C(C(=O)N(C)Cc2nc([C@@H]3CO[C@@H](c4ccc(Cl)cc4)C3)no2)CCC(=O)N1. The Kier molecular flexibility index (Phi) is 6.15. The van der Waals surface area contributed by atoms with Gasteiger partial charge < -0.3 is 19.5 Å². The first-order valence-corrected chi connectivity index (χ1v) is 10.3. The van der Waals surface area contributed by atoms with Crippen molar-refractivity contribution in [2.45, 2.75) is 37.8 Å². The maximum absolute atomic E-state index is 12.8. The van der Waals surface area contributed by atoms with E-state index in [1.165, 1.54) is 4.90 Å². The quantitative estimate of drug-likeness (QED) is 0.687. The van der Waals surface area contributed by atoms with Gasteiger partial charge in [-0.05, 0) is 37.3 Å². The molecule has 31 heavy (non-hydrogen) atoms. The second-order valence-corrected chi connectivity index (χ2v) is 7.98. The van der Waals surface area contributed by atoms with Crippen molar-refractivity contribution in [3.8, 4) is 0 Å². The number of nitrogens with one attached hydrogen (secondary N) is 1. The Morgan fingerprint density at radius 2 is 2.13 bits per heavy atom. The lowest BCUT2D eigenvalue weighted by Gasteiger charge is -2.21. The number of carbonyl (C=O) groups excluding carboxylic acids is 2. The van der Waals surface area contributed by atoms with Crippen molar-refractivity contribution in [3.05, 3.63) is 58.0 Å². The summed E-state index contributed by atoms with van der Waals surface area (Å²) >= 11 is 5.95. The van der Waals surface area contributed by atoms with E-state index in [0.717, 1.165) is 12.0 Å². The molecule has 3 heterocycles. The number of halogens is 1. The minimum atomic E-state index is -0.269. The molecule has 1 fully saturated rings. The highest BCUT2D eigenvalue weighted by Gasteiger charge is 2.32. The monoisotopic (exact) mass is 443 g/mol. The average Bonchev–Trinajstić information content (AvgIpc) is 3.43. The van der Waals surface area contributed by atoms with E-state index in [1.807, 2.05) is 24.3 Å². The van der Waals surface area contributed by atoms with Gasteiger partial charge in [0, 0.05) is 24.4 Å². The van der Waals surface area contributed by atoms with Crippen LogP contribution in [0.25, 0.3) is 0 Å². The summed E-state index contributed by atoms with van der Waals surface area (Å²) in [4.78, 5) is 34.0. The molecule has 2 aliphatic rings. The fourth-order valence-electron chi connectivity index (χ4n) is 3.69. The summed E-state index contributed by atoms with van der Waals surface area (Å²) in [5.74, 6) is 0.648. The van der Waals surface area contributed by atoms with E-state index in [9.17, 15) is 9.59 Å². The highest BCUT2D eigenvalue weighted by molar-refractivity contribution is 6.30. The molecule has 0 radical (unpaired) electrons. The van der Waals surface area contributed by atoms with E-state index in [-0.39, 0.29) is 42.6 Å². The summed E-state index contributed by atoms with van der Waals surface area (Å²) < 4.78 is 11.3. The Morgan fingerprint density at radius 1 is 1.35 bits per heavy atom. The fraction of sp³-hybridized carbons (Fsp3) is 0.381. The third-order valence-corrected chi connectivity index (χ3v) is 5.62. The maximum atomic E-state index is 12.8. The summed E-state index contributed by atoms with van der Waals surface area (Å²) in [6.45, 7) is 4.05. The van der Waals surface area contributed by atoms with Crippen molar-refractivity contribution >= 4 is 30.1 Å². The molecular formula is C21H22ClN5O4. The molecule has 0 bridgehead atoms. The molecule has 162 valence electrons. The maximum Gasteiger partial charge on any atom is 0.253 e. The lowest BCUT2D eigenvalue weighted by Crippen LogP contribution is -2.35. The van der Waals surface area contributed by atoms with Crippen LogP contribution in [0, 0.1) is 0 Å². The number of hydrogen-bond donors (Lipinski definition) is 1. The Morgan fingerprint density at radius 3 is 2.87 bits per heavy atom. The van der Waals surface area contributed by atoms with Crippen LogP contribution in [0.1, 0.15) is 48.6 Å². The molecule has 9 nitrogen and oxygen atoms in total. The molecule has 10 heteroatoms. The Labute approximate surface area is 184 Å². The van der Waals surface area contributed by atoms with Crippen LogP contribution in [-0.4, -0.2) is 47.2 Å². The first-order chi connectivity index (χ1) is 14.9. The van der Waals surface area contributed by atoms with Gasteiger partial charge in [-0.2, -0.15) is 4.98 Å². The number of hydrogen-bond acceptors (Lipinski definition) is 7. The third-order valence-electron chi connectivity index (χ3n) is 5.37. The van der Waals surface area contributed by atoms with E-state index >= 15 is 0 Å². The van der Waals surface area contributed by atoms with Crippen molar-refractivity contribution in [2.75, 3.05) is 13.7 Å². The predicted molar refractivity (Wildman–Crippen MR) is 112 cm³/mol. The summed E-state index contributed by atoms with van der Waals surface area (Å²) in [5, 5.41) is 7.34. The van der Waals surface area contributed by atoms with Crippen LogP contribution in [0.15, 0.2) is 45.2 Å². The molecule has 0 spiro atoms. The summed E-state index contributed by atoms with van der Waals surface area (Å²) in [5.41, 5.74) is 1.47. The van der Waals surface area contributed by atoms with Gasteiger partial charge in [-0.15, -0.1) is 0 Å². The van der Waals surface area contributed by atoms with Crippen LogP contribution < -0.4 is 5.32 Å². The number of aromatic nitrogens is 2. The molecule has 4 rings (SSSR count). The van der Waals surface area contributed by atoms with Gasteiger partial charge in [-0.1, -0.05) is 28.9 Å². The number of ether oxygens (including phenoxy) is 1. The zero-order valence-corrected chi connectivity index (χ0v) is 17.8. The van der Waals surface area contributed by atoms with Crippen LogP contribution in [0.4, 0.5) is 0 Å². The standard InChI is InChI=1S/C21H22ClN5O4/c1-23-20-15(7-8-17(28)24-20)21(29)27(2)10-18-25-19(26-31-18)13-9-16(30-11-13)12-3-5-14(22)6-4-12/h3-6,13,16H,1,7-11H2,2H3,(H,24,28)/t13-,16+/m0/s1. The van der Waals surface area contributed by atoms with E-state index in [1.54, 1.807) is 7.05 Å². The van der Waals surface area contributed by atoms with E-state index in [0.29, 0.717) is 35.3 Å². The predicted octanol–water partition coefficient (Wildman–Crippen LogP) is 2.75. The van der Waals surface area contributed by atoms with Crippen molar-refractivity contribution in [1.82, 2.24) is 20.4 Å². The number of benzene rings is 1. The summed E-state index contributed by atoms with van der Waals surface area (Å²) in [6.07, 6.45) is 1.22. The van der Waals surface area contributed by atoms with Gasteiger partial charge >= 0.3 is 0 Å². The topological polar surface area (TPSA) is 110 Å². The van der Waals surface area contributed by atoms with Gasteiger partial charge in [0.1, 0.15) is 5.82 Å². The van der Waals surface area contributed by atoms with Crippen LogP contribution in [0.2, 0.25) is 5.02 Å². The number of carbonyl (C=O) groups is 2. The van der Waals surface area contributed by atoms with Crippen molar-refractivity contribution < 1.29 is 18.8 Å². The molecule has 0 unspecified atom stereocenters. The fourth-order valence-corrected chi connectivity index (χ4v) is 3.82. The summed E-state index contributed by atoms with van der Waals surface area (Å²) in [7, 11) is 1.63. The van der Waals surface area contributed by atoms with Gasteiger partial charge in [-0.25, -0.2) is 4.99 Å². The first-order valence-electron chi connectivity index (χ1n) is 9.89. The van der Waals surface area contributed by atoms with Crippen molar-refractivity contribution in [1.29, 1.82) is 0 Å². The molecule has 2 atom stereocenters. The number of nitrogens with zero attached hydrogens (tertiary/aromatic N) is 4. The van der Waals surface area contributed by atoms with Crippen molar-refractivity contribution in [3.63, 3.8) is 0 Å². The van der Waals surface area contributed by atoms with Gasteiger partial charge in [0.25, 0.3) is 5.91 Å². The molecule has 1 aromatic carbocycles. The van der Waals surface area contributed by atoms with E-state index in [4.69, 9.17) is 20.9 Å². The zero-order chi connectivity index (χ0) is 22.0. The highest BCUT2D eigenvalue weighted by atomic mass is 35.5. The molecule has 2 aromatic rings. The molecule has 2 amide bonds. The lowest BCUT2D eigenvalue weighted by atomic mass is 10.0. The molecule has 1 N–H and O–H groups in total. The summed E-state index contributed by atoms with van der Waals surface area (Å²) in [6, 6.07) is 7.58. The van der Waals surface area contributed by atoms with Crippen LogP contribution >= 0.6 is 11.6 Å². The highest BCUT2D eigenvalue weighted by Crippen LogP contribution is 2.37. The van der Waals surface area contributed by atoms with Crippen LogP contribution in [-0.2, 0) is 20.9 Å². The van der Waals surface area contributed by atoms with Gasteiger partial charge in [0.2, 0.25) is 11.8 Å². The van der Waals surface area contributed by atoms with Crippen LogP contribution in [0.5, 0.6) is 0 Å². The van der Waals surface area contributed by atoms with E-state index < -0.39 is 0 Å². The normalized spacial score (nSPS) is 21.2. The Balaban J connectivity index is 1.39. The lowest BCUT2D eigenvalue weighted by molar-refractivity contribution is -0.127. The minimum Gasteiger partial charge on any atom is -0.373 e. The molecule has 2 aliphatic heterocycles. The van der Waals surface area contributed by atoms with E-state index in [2.05, 4.69) is 27.2 Å². The zero-order valence-electron chi connectivity index (χ0n) is 17.0. The molecule has 1 aromatic heterocycles. The van der Waals surface area contributed by atoms with Crippen LogP contribution in [0.3, 0.4) is 0 Å². The Hall–Kier alpha value is -3.04. The molecule has 0 saturated carbocycles. The minimum absolute atomic E-state index is 0.00650. The van der Waals surface area contributed by atoms with Gasteiger partial charge in [-0.3, -0.25) is 9.59 Å². The molecule has 0 aliphatic carbocycles. The Bertz CT molecular complexity index is 1030. The number of amides is 2. The smallest absolute Gasteiger partial charge is 0.253 e. The van der Waals surface area contributed by atoms with Gasteiger partial charge in [0.15, 0.2) is 5.82 Å². The number of likely N-dealkylation sites (N-methyl/N-ethyl adjacent to an activating group) is 1. The second-order valence-electron chi connectivity index (χ2n) is 7.55. The molecular weight excluding hydrogens is 422 g/mol. The largest absolute Gasteiger partial charge is 0.373 e.